The lowest BCUT2D eigenvalue weighted by molar-refractivity contribution is -0.926. The Morgan fingerprint density at radius 3 is 2.48 bits per heavy atom. The molecule has 7 nitrogen and oxygen atoms in total. The Morgan fingerprint density at radius 1 is 1.17 bits per heavy atom. The maximum atomic E-state index is 12.9. The number of hydrogen-bond acceptors (Lipinski definition) is 5. The molecule has 1 aliphatic rings. The van der Waals surface area contributed by atoms with E-state index >= 15 is 0 Å². The number of hydrogen-bond donors (Lipinski definition) is 1. The molecule has 10 heteroatoms. The predicted octanol–water partition coefficient (Wildman–Crippen LogP) is 1.28. The van der Waals surface area contributed by atoms with E-state index in [2.05, 4.69) is 4.98 Å². The van der Waals surface area contributed by atoms with Crippen molar-refractivity contribution in [2.24, 2.45) is 0 Å². The number of benzene rings is 1. The Hall–Kier alpha value is -1.78. The summed E-state index contributed by atoms with van der Waals surface area (Å²) in [5.41, 5.74) is 0.964. The zero-order chi connectivity index (χ0) is 20.8. The highest BCUT2D eigenvalue weighted by atomic mass is 35.5. The van der Waals surface area contributed by atoms with Gasteiger partial charge in [-0.15, -0.1) is 11.3 Å². The maximum absolute atomic E-state index is 12.9. The number of nitrogens with zero attached hydrogens (tertiary/aromatic N) is 3. The molecule has 1 N–H and O–H groups in total. The summed E-state index contributed by atoms with van der Waals surface area (Å²) in [6, 6.07) is 6.23. The molecular formula is C19H22ClN4O3S2+. The van der Waals surface area contributed by atoms with Gasteiger partial charge in [0.25, 0.3) is 5.56 Å². The topological polar surface area (TPSA) is 76.7 Å². The third-order valence-electron chi connectivity index (χ3n) is 5.43. The number of halogens is 1. The maximum Gasteiger partial charge on any atom is 0.266 e. The molecule has 4 rings (SSSR count). The number of aryl methyl sites for hydroxylation is 2. The number of thiophene rings is 1. The molecule has 1 aliphatic heterocycles. The predicted molar refractivity (Wildman–Crippen MR) is 114 cm³/mol. The number of nitrogens with one attached hydrogen (secondary N) is 1. The van der Waals surface area contributed by atoms with Crippen molar-refractivity contribution in [1.82, 2.24) is 13.9 Å². The van der Waals surface area contributed by atoms with Crippen molar-refractivity contribution in [3.05, 3.63) is 56.4 Å². The van der Waals surface area contributed by atoms with Crippen molar-refractivity contribution in [3.8, 4) is 0 Å². The summed E-state index contributed by atoms with van der Waals surface area (Å²) in [7, 11) is -3.53. The number of piperazine rings is 1. The summed E-state index contributed by atoms with van der Waals surface area (Å²) in [5.74, 6) is 0. The van der Waals surface area contributed by atoms with E-state index in [-0.39, 0.29) is 10.5 Å². The SMILES string of the molecule is Cc1sc2ncn(C[NH+]3CCN(S(=O)(=O)c4ccc(Cl)cc4)CC3)c(=O)c2c1C. The molecule has 1 fully saturated rings. The average molecular weight is 454 g/mol. The first kappa shape index (κ1) is 20.5. The van der Waals surface area contributed by atoms with Crippen molar-refractivity contribution in [3.63, 3.8) is 0 Å². The molecule has 1 saturated heterocycles. The van der Waals surface area contributed by atoms with Crippen LogP contribution in [0.2, 0.25) is 5.02 Å². The molecule has 0 bridgehead atoms. The summed E-state index contributed by atoms with van der Waals surface area (Å²) >= 11 is 7.40. The number of rotatable bonds is 4. The normalized spacial score (nSPS) is 16.5. The Balaban J connectivity index is 1.47. The monoisotopic (exact) mass is 453 g/mol. The highest BCUT2D eigenvalue weighted by molar-refractivity contribution is 7.89. The van der Waals surface area contributed by atoms with Crippen LogP contribution < -0.4 is 10.5 Å². The van der Waals surface area contributed by atoms with E-state index in [1.54, 1.807) is 23.0 Å². The Kier molecular flexibility index (Phi) is 5.52. The third-order valence-corrected chi connectivity index (χ3v) is 8.71. The largest absolute Gasteiger partial charge is 0.315 e. The standard InChI is InChI=1S/C19H21ClN4O3S2/c1-13-14(2)28-18-17(13)19(25)23(11-21-18)12-22-7-9-24(10-8-22)29(26,27)16-5-3-15(20)4-6-16/h3-6,11H,7-10,12H2,1-2H3/p+1. The van der Waals surface area contributed by atoms with Crippen molar-refractivity contribution in [2.45, 2.75) is 25.4 Å². The molecule has 154 valence electrons. The minimum absolute atomic E-state index is 0.0273. The fraction of sp³-hybridized carbons (Fsp3) is 0.368. The van der Waals surface area contributed by atoms with Gasteiger partial charge >= 0.3 is 0 Å². The fourth-order valence-electron chi connectivity index (χ4n) is 3.58. The molecule has 3 aromatic rings. The molecule has 0 saturated carbocycles. The summed E-state index contributed by atoms with van der Waals surface area (Å²) in [5, 5.41) is 1.20. The second-order valence-corrected chi connectivity index (χ2v) is 10.8. The van der Waals surface area contributed by atoms with Crippen LogP contribution in [-0.4, -0.2) is 48.5 Å². The van der Waals surface area contributed by atoms with E-state index in [0.717, 1.165) is 20.2 Å². The van der Waals surface area contributed by atoms with Crippen LogP contribution in [0.4, 0.5) is 0 Å². The van der Waals surface area contributed by atoms with Crippen LogP contribution in [0.25, 0.3) is 10.2 Å². The second-order valence-electron chi connectivity index (χ2n) is 7.25. The van der Waals surface area contributed by atoms with Gasteiger partial charge in [0.15, 0.2) is 6.67 Å². The van der Waals surface area contributed by atoms with Crippen molar-refractivity contribution >= 4 is 43.2 Å². The van der Waals surface area contributed by atoms with Crippen LogP contribution in [0.5, 0.6) is 0 Å². The minimum Gasteiger partial charge on any atom is -0.315 e. The Labute approximate surface area is 178 Å². The molecule has 3 heterocycles. The van der Waals surface area contributed by atoms with Gasteiger partial charge in [-0.05, 0) is 43.7 Å². The minimum atomic E-state index is -3.53. The van der Waals surface area contributed by atoms with E-state index in [0.29, 0.717) is 43.3 Å². The molecule has 29 heavy (non-hydrogen) atoms. The van der Waals surface area contributed by atoms with Crippen LogP contribution >= 0.6 is 22.9 Å². The lowest BCUT2D eigenvalue weighted by atomic mass is 10.2. The molecule has 0 atom stereocenters. The zero-order valence-electron chi connectivity index (χ0n) is 16.2. The smallest absolute Gasteiger partial charge is 0.266 e. The second kappa shape index (κ2) is 7.81. The molecule has 0 aliphatic carbocycles. The van der Waals surface area contributed by atoms with Crippen LogP contribution in [0, 0.1) is 13.8 Å². The molecule has 1 aromatic carbocycles. The van der Waals surface area contributed by atoms with E-state index in [4.69, 9.17) is 11.6 Å². The van der Waals surface area contributed by atoms with Crippen molar-refractivity contribution < 1.29 is 13.3 Å². The zero-order valence-corrected chi connectivity index (χ0v) is 18.6. The molecule has 0 unspecified atom stereocenters. The highest BCUT2D eigenvalue weighted by Crippen LogP contribution is 2.25. The Morgan fingerprint density at radius 2 is 1.83 bits per heavy atom. The van der Waals surface area contributed by atoms with Gasteiger partial charge in [0, 0.05) is 9.90 Å². The molecule has 0 spiro atoms. The highest BCUT2D eigenvalue weighted by Gasteiger charge is 2.30. The quantitative estimate of drug-likeness (QED) is 0.645. The van der Waals surface area contributed by atoms with Gasteiger partial charge in [0.1, 0.15) is 11.2 Å². The van der Waals surface area contributed by atoms with Crippen molar-refractivity contribution in [1.29, 1.82) is 0 Å². The summed E-state index contributed by atoms with van der Waals surface area (Å²) in [6.45, 7) is 6.48. The average Bonchev–Trinajstić information content (AvgIpc) is 2.99. The van der Waals surface area contributed by atoms with Crippen molar-refractivity contribution in [2.75, 3.05) is 26.2 Å². The van der Waals surface area contributed by atoms with E-state index in [1.807, 2.05) is 13.8 Å². The van der Waals surface area contributed by atoms with Gasteiger partial charge in [-0.2, -0.15) is 4.31 Å². The van der Waals surface area contributed by atoms with E-state index in [9.17, 15) is 13.2 Å². The van der Waals surface area contributed by atoms with Gasteiger partial charge in [-0.25, -0.2) is 18.0 Å². The third kappa shape index (κ3) is 3.85. The number of aromatic nitrogens is 2. The molecule has 0 amide bonds. The van der Waals surface area contributed by atoms with Crippen LogP contribution in [0.3, 0.4) is 0 Å². The van der Waals surface area contributed by atoms with Gasteiger partial charge in [-0.3, -0.25) is 4.79 Å². The lowest BCUT2D eigenvalue weighted by Crippen LogP contribution is -3.14. The van der Waals surface area contributed by atoms with Gasteiger partial charge in [0.2, 0.25) is 10.0 Å². The first-order valence-corrected chi connectivity index (χ1v) is 12.0. The summed E-state index contributed by atoms with van der Waals surface area (Å²) in [6.07, 6.45) is 1.60. The summed E-state index contributed by atoms with van der Waals surface area (Å²) in [4.78, 5) is 20.6. The number of fused-ring (bicyclic) bond motifs is 1. The molecular weight excluding hydrogens is 432 g/mol. The number of sulfonamides is 1. The van der Waals surface area contributed by atoms with Crippen LogP contribution in [0.15, 0.2) is 40.3 Å². The van der Waals surface area contributed by atoms with E-state index < -0.39 is 10.0 Å². The van der Waals surface area contributed by atoms with Gasteiger partial charge in [0.05, 0.1) is 36.5 Å². The Bertz CT molecular complexity index is 1210. The lowest BCUT2D eigenvalue weighted by Gasteiger charge is -2.31. The summed E-state index contributed by atoms with van der Waals surface area (Å²) < 4.78 is 28.8. The number of quaternary nitrogens is 1. The van der Waals surface area contributed by atoms with Crippen LogP contribution in [-0.2, 0) is 16.7 Å². The molecule has 2 aromatic heterocycles. The molecule has 0 radical (unpaired) electrons. The first-order chi connectivity index (χ1) is 13.8. The fourth-order valence-corrected chi connectivity index (χ4v) is 6.13. The van der Waals surface area contributed by atoms with Gasteiger partial charge < -0.3 is 4.90 Å². The van der Waals surface area contributed by atoms with E-state index in [1.165, 1.54) is 27.8 Å². The van der Waals surface area contributed by atoms with Crippen LogP contribution in [0.1, 0.15) is 10.4 Å². The van der Waals surface area contributed by atoms with Gasteiger partial charge in [-0.1, -0.05) is 11.6 Å². The first-order valence-electron chi connectivity index (χ1n) is 9.32.